The molecule has 5 nitrogen and oxygen atoms in total. The Hall–Kier alpha value is -2.73. The Morgan fingerprint density at radius 2 is 1.91 bits per heavy atom. The maximum absolute atomic E-state index is 11.8. The Kier molecular flexibility index (Phi) is 4.41. The number of hydrogen-bond donors (Lipinski definition) is 2. The van der Waals surface area contributed by atoms with Crippen LogP contribution in [0.5, 0.6) is 0 Å². The number of carbonyl (C=O) groups is 1. The summed E-state index contributed by atoms with van der Waals surface area (Å²) in [6.45, 7) is 0.377. The van der Waals surface area contributed by atoms with Crippen LogP contribution in [-0.4, -0.2) is 16.0 Å². The van der Waals surface area contributed by atoms with Crippen molar-refractivity contribution in [3.05, 3.63) is 65.8 Å². The lowest BCUT2D eigenvalue weighted by Crippen LogP contribution is -2.28. The molecule has 22 heavy (non-hydrogen) atoms. The van der Waals surface area contributed by atoms with Crippen LogP contribution in [0.4, 0.5) is 10.5 Å². The summed E-state index contributed by atoms with van der Waals surface area (Å²) >= 11 is 1.51. The summed E-state index contributed by atoms with van der Waals surface area (Å²) in [5.74, 6) is 0. The molecule has 0 saturated heterocycles. The Morgan fingerprint density at radius 3 is 2.68 bits per heavy atom. The maximum atomic E-state index is 11.8. The maximum Gasteiger partial charge on any atom is 0.319 e. The molecule has 3 aromatic rings. The Balaban J connectivity index is 1.56. The molecule has 2 N–H and O–H groups in total. The summed E-state index contributed by atoms with van der Waals surface area (Å²) in [5.41, 5.74) is 2.41. The van der Waals surface area contributed by atoms with Crippen molar-refractivity contribution in [3.8, 4) is 10.7 Å². The van der Waals surface area contributed by atoms with E-state index in [1.54, 1.807) is 6.20 Å². The molecule has 0 saturated carbocycles. The van der Waals surface area contributed by atoms with E-state index in [1.165, 1.54) is 11.3 Å². The van der Waals surface area contributed by atoms with Crippen LogP contribution >= 0.6 is 11.3 Å². The second-order valence-electron chi connectivity index (χ2n) is 4.53. The summed E-state index contributed by atoms with van der Waals surface area (Å²) in [4.78, 5) is 20.5. The minimum Gasteiger partial charge on any atom is -0.332 e. The van der Waals surface area contributed by atoms with Crippen molar-refractivity contribution < 1.29 is 4.79 Å². The highest BCUT2D eigenvalue weighted by Gasteiger charge is 2.07. The number of aromatic nitrogens is 2. The van der Waals surface area contributed by atoms with Gasteiger partial charge in [-0.05, 0) is 24.3 Å². The van der Waals surface area contributed by atoms with Gasteiger partial charge in [0.15, 0.2) is 0 Å². The molecule has 2 aromatic heterocycles. The van der Waals surface area contributed by atoms with Gasteiger partial charge in [0.25, 0.3) is 0 Å². The average molecular weight is 310 g/mol. The van der Waals surface area contributed by atoms with Gasteiger partial charge in [-0.2, -0.15) is 0 Å². The number of nitrogens with zero attached hydrogens (tertiary/aromatic N) is 2. The number of rotatable bonds is 4. The smallest absolute Gasteiger partial charge is 0.319 e. The Bertz CT molecular complexity index is 743. The van der Waals surface area contributed by atoms with Crippen LogP contribution < -0.4 is 10.6 Å². The van der Waals surface area contributed by atoms with E-state index in [0.29, 0.717) is 6.54 Å². The van der Waals surface area contributed by atoms with E-state index in [4.69, 9.17) is 0 Å². The zero-order chi connectivity index (χ0) is 15.2. The first-order valence-electron chi connectivity index (χ1n) is 6.77. The van der Waals surface area contributed by atoms with Gasteiger partial charge in [-0.1, -0.05) is 24.3 Å². The molecule has 0 spiro atoms. The molecule has 0 fully saturated rings. The molecule has 0 aliphatic heterocycles. The van der Waals surface area contributed by atoms with Crippen LogP contribution in [0.3, 0.4) is 0 Å². The number of pyridine rings is 1. The summed E-state index contributed by atoms with van der Waals surface area (Å²) in [6.07, 6.45) is 1.74. The summed E-state index contributed by atoms with van der Waals surface area (Å²) in [5, 5.41) is 8.32. The molecular formula is C16H14N4OS. The van der Waals surface area contributed by atoms with Crippen LogP contribution in [-0.2, 0) is 6.54 Å². The highest BCUT2D eigenvalue weighted by molar-refractivity contribution is 7.13. The topological polar surface area (TPSA) is 66.9 Å². The third-order valence-electron chi connectivity index (χ3n) is 2.90. The molecule has 1 aromatic carbocycles. The summed E-state index contributed by atoms with van der Waals surface area (Å²) < 4.78 is 0. The molecular weight excluding hydrogens is 296 g/mol. The van der Waals surface area contributed by atoms with E-state index in [-0.39, 0.29) is 6.03 Å². The zero-order valence-electron chi connectivity index (χ0n) is 11.7. The van der Waals surface area contributed by atoms with Crippen molar-refractivity contribution in [2.45, 2.75) is 6.54 Å². The number of para-hydroxylation sites is 1. The van der Waals surface area contributed by atoms with Gasteiger partial charge in [0, 0.05) is 17.3 Å². The number of hydrogen-bond acceptors (Lipinski definition) is 4. The summed E-state index contributed by atoms with van der Waals surface area (Å²) in [7, 11) is 0. The molecule has 0 aliphatic carbocycles. The van der Waals surface area contributed by atoms with Crippen LogP contribution in [0, 0.1) is 0 Å². The van der Waals surface area contributed by atoms with Crippen molar-refractivity contribution in [2.24, 2.45) is 0 Å². The van der Waals surface area contributed by atoms with E-state index in [0.717, 1.165) is 22.1 Å². The molecule has 0 unspecified atom stereocenters. The van der Waals surface area contributed by atoms with Crippen molar-refractivity contribution in [1.82, 2.24) is 15.3 Å². The molecule has 0 atom stereocenters. The lowest BCUT2D eigenvalue weighted by atomic mass is 10.3. The van der Waals surface area contributed by atoms with Gasteiger partial charge < -0.3 is 10.6 Å². The van der Waals surface area contributed by atoms with Gasteiger partial charge in [-0.3, -0.25) is 4.98 Å². The number of thiazole rings is 1. The van der Waals surface area contributed by atoms with Crippen LogP contribution in [0.15, 0.2) is 60.1 Å². The third-order valence-corrected chi connectivity index (χ3v) is 3.81. The quantitative estimate of drug-likeness (QED) is 0.774. The van der Waals surface area contributed by atoms with E-state index in [1.807, 2.05) is 53.9 Å². The van der Waals surface area contributed by atoms with E-state index >= 15 is 0 Å². The predicted octanol–water partition coefficient (Wildman–Crippen LogP) is 3.53. The Morgan fingerprint density at radius 1 is 1.09 bits per heavy atom. The fourth-order valence-electron chi connectivity index (χ4n) is 1.86. The van der Waals surface area contributed by atoms with E-state index < -0.39 is 0 Å². The SMILES string of the molecule is O=C(NCc1csc(-c2ccccn2)n1)Nc1ccccc1. The van der Waals surface area contributed by atoms with Gasteiger partial charge in [0.1, 0.15) is 5.01 Å². The van der Waals surface area contributed by atoms with E-state index in [9.17, 15) is 4.79 Å². The molecule has 6 heteroatoms. The molecule has 0 radical (unpaired) electrons. The lowest BCUT2D eigenvalue weighted by Gasteiger charge is -2.05. The second kappa shape index (κ2) is 6.82. The Labute approximate surface area is 132 Å². The normalized spacial score (nSPS) is 10.2. The number of anilines is 1. The number of nitrogens with one attached hydrogen (secondary N) is 2. The third kappa shape index (κ3) is 3.67. The molecule has 0 aliphatic rings. The first-order valence-corrected chi connectivity index (χ1v) is 7.65. The molecule has 2 heterocycles. The average Bonchev–Trinajstić information content (AvgIpc) is 3.04. The van der Waals surface area contributed by atoms with Gasteiger partial charge in [0.2, 0.25) is 0 Å². The minimum atomic E-state index is -0.251. The standard InChI is InChI=1S/C16H14N4OS/c21-16(20-12-6-2-1-3-7-12)18-10-13-11-22-15(19-13)14-8-4-5-9-17-14/h1-9,11H,10H2,(H2,18,20,21). The fraction of sp³-hybridized carbons (Fsp3) is 0.0625. The zero-order valence-corrected chi connectivity index (χ0v) is 12.5. The van der Waals surface area contributed by atoms with E-state index in [2.05, 4.69) is 20.6 Å². The molecule has 3 rings (SSSR count). The second-order valence-corrected chi connectivity index (χ2v) is 5.39. The highest BCUT2D eigenvalue weighted by atomic mass is 32.1. The first kappa shape index (κ1) is 14.2. The van der Waals surface area contributed by atoms with Crippen LogP contribution in [0.2, 0.25) is 0 Å². The minimum absolute atomic E-state index is 0.251. The number of carbonyl (C=O) groups excluding carboxylic acids is 1. The van der Waals surface area contributed by atoms with Crippen molar-refractivity contribution in [1.29, 1.82) is 0 Å². The van der Waals surface area contributed by atoms with Gasteiger partial charge in [-0.15, -0.1) is 11.3 Å². The van der Waals surface area contributed by atoms with Gasteiger partial charge >= 0.3 is 6.03 Å². The van der Waals surface area contributed by atoms with Crippen LogP contribution in [0.1, 0.15) is 5.69 Å². The molecule has 2 amide bonds. The predicted molar refractivity (Wildman–Crippen MR) is 87.6 cm³/mol. The number of urea groups is 1. The fourth-order valence-corrected chi connectivity index (χ4v) is 2.66. The lowest BCUT2D eigenvalue weighted by molar-refractivity contribution is 0.251. The summed E-state index contributed by atoms with van der Waals surface area (Å²) in [6, 6.07) is 14.8. The molecule has 0 bridgehead atoms. The number of benzene rings is 1. The van der Waals surface area contributed by atoms with Crippen molar-refractivity contribution in [2.75, 3.05) is 5.32 Å². The first-order chi connectivity index (χ1) is 10.8. The monoisotopic (exact) mass is 310 g/mol. The van der Waals surface area contributed by atoms with Gasteiger partial charge in [-0.25, -0.2) is 9.78 Å². The van der Waals surface area contributed by atoms with Crippen molar-refractivity contribution >= 4 is 23.1 Å². The highest BCUT2D eigenvalue weighted by Crippen LogP contribution is 2.21. The number of amides is 2. The van der Waals surface area contributed by atoms with Gasteiger partial charge in [0.05, 0.1) is 17.9 Å². The largest absolute Gasteiger partial charge is 0.332 e. The van der Waals surface area contributed by atoms with Crippen molar-refractivity contribution in [3.63, 3.8) is 0 Å². The molecule has 110 valence electrons. The van der Waals surface area contributed by atoms with Crippen LogP contribution in [0.25, 0.3) is 10.7 Å².